The fourth-order valence-electron chi connectivity index (χ4n) is 2.17. The Bertz CT molecular complexity index is 602. The lowest BCUT2D eigenvalue weighted by atomic mass is 10.1. The number of aliphatic hydroxyl groups is 2. The predicted octanol–water partition coefficient (Wildman–Crippen LogP) is -1.94. The molecule has 9 heteroatoms. The van der Waals surface area contributed by atoms with Gasteiger partial charge in [0.2, 0.25) is 0 Å². The molecule has 1 unspecified atom stereocenters. The molecule has 0 bridgehead atoms. The highest BCUT2D eigenvalue weighted by Gasteiger charge is 2.43. The van der Waals surface area contributed by atoms with Crippen LogP contribution in [0.2, 0.25) is 0 Å². The van der Waals surface area contributed by atoms with Crippen molar-refractivity contribution in [2.45, 2.75) is 24.4 Å². The molecule has 1 aliphatic rings. The molecular weight excluding hydrogens is 252 g/mol. The normalized spacial score (nSPS) is 31.1. The van der Waals surface area contributed by atoms with E-state index < -0.39 is 24.4 Å². The van der Waals surface area contributed by atoms with Gasteiger partial charge in [-0.05, 0) is 0 Å². The summed E-state index contributed by atoms with van der Waals surface area (Å²) in [4.78, 5) is 15.1. The lowest BCUT2D eigenvalue weighted by Gasteiger charge is -2.14. The van der Waals surface area contributed by atoms with Crippen molar-refractivity contribution in [3.05, 3.63) is 12.2 Å². The minimum atomic E-state index is -0.977. The van der Waals surface area contributed by atoms with E-state index in [4.69, 9.17) is 21.3 Å². The third kappa shape index (κ3) is 1.83. The molecule has 0 amide bonds. The molecule has 9 nitrogen and oxygen atoms in total. The second-order valence-electron chi connectivity index (χ2n) is 4.41. The number of nitrogens with one attached hydrogen (secondary N) is 1. The molecule has 2 aromatic rings. The summed E-state index contributed by atoms with van der Waals surface area (Å²) >= 11 is 0. The Hall–Kier alpha value is -1.81. The lowest BCUT2D eigenvalue weighted by molar-refractivity contribution is -0.0246. The minimum absolute atomic E-state index is 0.232. The summed E-state index contributed by atoms with van der Waals surface area (Å²) in [6, 6.07) is -0.729. The Morgan fingerprint density at radius 1 is 1.42 bits per heavy atom. The fourth-order valence-corrected chi connectivity index (χ4v) is 2.17. The number of nitrogens with two attached hydrogens (primary N) is 2. The number of nitrogen functional groups attached to an aromatic ring is 1. The first-order chi connectivity index (χ1) is 9.11. The quantitative estimate of drug-likeness (QED) is 0.420. The maximum atomic E-state index is 9.81. The molecular formula is C10H14N6O3. The van der Waals surface area contributed by atoms with Gasteiger partial charge in [0.1, 0.15) is 23.8 Å². The maximum absolute atomic E-state index is 9.81. The van der Waals surface area contributed by atoms with Crippen LogP contribution in [0.15, 0.2) is 6.33 Å². The van der Waals surface area contributed by atoms with Crippen LogP contribution in [0.5, 0.6) is 0 Å². The number of hydrogen-bond donors (Lipinski definition) is 5. The number of fused-ring (bicyclic) bond motifs is 1. The van der Waals surface area contributed by atoms with Gasteiger partial charge < -0.3 is 31.4 Å². The van der Waals surface area contributed by atoms with Crippen molar-refractivity contribution in [2.75, 3.05) is 12.3 Å². The Labute approximate surface area is 107 Å². The van der Waals surface area contributed by atoms with Crippen molar-refractivity contribution in [1.29, 1.82) is 0 Å². The summed E-state index contributed by atoms with van der Waals surface area (Å²) in [5.41, 5.74) is 12.6. The number of aromatic nitrogens is 4. The van der Waals surface area contributed by atoms with Crippen LogP contribution in [0.4, 0.5) is 5.82 Å². The van der Waals surface area contributed by atoms with Crippen LogP contribution in [-0.4, -0.2) is 55.0 Å². The van der Waals surface area contributed by atoms with Crippen LogP contribution in [0.3, 0.4) is 0 Å². The van der Waals surface area contributed by atoms with Crippen molar-refractivity contribution in [1.82, 2.24) is 19.9 Å². The number of H-pyrrole nitrogens is 1. The van der Waals surface area contributed by atoms with Crippen molar-refractivity contribution in [3.63, 3.8) is 0 Å². The molecule has 1 saturated heterocycles. The summed E-state index contributed by atoms with van der Waals surface area (Å²) < 4.78 is 5.46. The van der Waals surface area contributed by atoms with Crippen LogP contribution in [0.25, 0.3) is 11.2 Å². The predicted molar refractivity (Wildman–Crippen MR) is 64.8 cm³/mol. The van der Waals surface area contributed by atoms with Crippen LogP contribution in [0, 0.1) is 0 Å². The lowest BCUT2D eigenvalue weighted by Crippen LogP contribution is -2.39. The average Bonchev–Trinajstić information content (AvgIpc) is 2.96. The molecule has 3 rings (SSSR count). The third-order valence-corrected chi connectivity index (χ3v) is 3.21. The highest BCUT2D eigenvalue weighted by atomic mass is 16.5. The molecule has 7 N–H and O–H groups in total. The molecule has 3 heterocycles. The summed E-state index contributed by atoms with van der Waals surface area (Å²) in [5, 5.41) is 18.9. The zero-order valence-electron chi connectivity index (χ0n) is 9.89. The molecule has 1 aliphatic heterocycles. The smallest absolute Gasteiger partial charge is 0.183 e. The molecule has 0 aliphatic carbocycles. The van der Waals surface area contributed by atoms with E-state index in [0.717, 1.165) is 0 Å². The van der Waals surface area contributed by atoms with Gasteiger partial charge in [-0.3, -0.25) is 0 Å². The molecule has 0 aromatic carbocycles. The number of ether oxygens (including phenoxy) is 1. The number of aromatic amines is 1. The van der Waals surface area contributed by atoms with E-state index in [1.165, 1.54) is 6.33 Å². The van der Waals surface area contributed by atoms with Gasteiger partial charge in [-0.1, -0.05) is 0 Å². The van der Waals surface area contributed by atoms with Gasteiger partial charge in [-0.2, -0.15) is 0 Å². The van der Waals surface area contributed by atoms with Crippen LogP contribution in [0.1, 0.15) is 11.9 Å². The Balaban J connectivity index is 2.00. The first-order valence-electron chi connectivity index (χ1n) is 5.78. The molecule has 4 atom stereocenters. The third-order valence-electron chi connectivity index (χ3n) is 3.21. The molecule has 1 fully saturated rings. The molecule has 0 saturated carbocycles. The van der Waals surface area contributed by atoms with Crippen LogP contribution in [-0.2, 0) is 4.74 Å². The fraction of sp³-hybridized carbons (Fsp3) is 0.500. The molecule has 0 spiro atoms. The van der Waals surface area contributed by atoms with E-state index in [9.17, 15) is 5.11 Å². The Kier molecular flexibility index (Phi) is 2.82. The summed E-state index contributed by atoms with van der Waals surface area (Å²) in [6.07, 6.45) is -0.995. The number of nitrogens with zero attached hydrogens (tertiary/aromatic N) is 3. The van der Waals surface area contributed by atoms with E-state index in [0.29, 0.717) is 11.2 Å². The minimum Gasteiger partial charge on any atom is -0.394 e. The van der Waals surface area contributed by atoms with E-state index in [1.807, 2.05) is 0 Å². The summed E-state index contributed by atoms with van der Waals surface area (Å²) in [6.45, 7) is -0.328. The van der Waals surface area contributed by atoms with Gasteiger partial charge in [0.05, 0.1) is 19.0 Å². The van der Waals surface area contributed by atoms with E-state index >= 15 is 0 Å². The summed E-state index contributed by atoms with van der Waals surface area (Å²) in [5.74, 6) is 0.481. The van der Waals surface area contributed by atoms with Crippen LogP contribution >= 0.6 is 0 Å². The maximum Gasteiger partial charge on any atom is 0.183 e. The molecule has 19 heavy (non-hydrogen) atoms. The van der Waals surface area contributed by atoms with E-state index in [1.54, 1.807) is 0 Å². The average molecular weight is 266 g/mol. The Morgan fingerprint density at radius 2 is 2.21 bits per heavy atom. The zero-order valence-corrected chi connectivity index (χ0v) is 9.89. The van der Waals surface area contributed by atoms with Crippen molar-refractivity contribution in [3.8, 4) is 0 Å². The van der Waals surface area contributed by atoms with Gasteiger partial charge in [0.25, 0.3) is 0 Å². The van der Waals surface area contributed by atoms with E-state index in [-0.39, 0.29) is 18.2 Å². The monoisotopic (exact) mass is 266 g/mol. The zero-order chi connectivity index (χ0) is 13.6. The number of hydrogen-bond acceptors (Lipinski definition) is 8. The second-order valence-corrected chi connectivity index (χ2v) is 4.41. The summed E-state index contributed by atoms with van der Waals surface area (Å²) in [7, 11) is 0. The van der Waals surface area contributed by atoms with Gasteiger partial charge in [-0.15, -0.1) is 0 Å². The highest BCUT2D eigenvalue weighted by Crippen LogP contribution is 2.31. The van der Waals surface area contributed by atoms with Gasteiger partial charge in [-0.25, -0.2) is 15.0 Å². The topological polar surface area (TPSA) is 156 Å². The van der Waals surface area contributed by atoms with Gasteiger partial charge in [0, 0.05) is 0 Å². The number of imidazole rings is 1. The highest BCUT2D eigenvalue weighted by molar-refractivity contribution is 5.80. The van der Waals surface area contributed by atoms with Crippen molar-refractivity contribution < 1.29 is 14.9 Å². The molecule has 2 aromatic heterocycles. The number of rotatable bonds is 2. The number of anilines is 1. The molecule has 0 radical (unpaired) electrons. The largest absolute Gasteiger partial charge is 0.394 e. The van der Waals surface area contributed by atoms with Crippen LogP contribution < -0.4 is 11.5 Å². The Morgan fingerprint density at radius 3 is 2.89 bits per heavy atom. The van der Waals surface area contributed by atoms with Crippen molar-refractivity contribution >= 4 is 17.0 Å². The van der Waals surface area contributed by atoms with Gasteiger partial charge in [0.15, 0.2) is 17.3 Å². The van der Waals surface area contributed by atoms with Crippen molar-refractivity contribution in [2.24, 2.45) is 5.73 Å². The SMILES string of the molecule is Nc1nc(C2O[C@H](CO)[C@@H](O)[C@H]2N)nc2nc[nH]c12. The number of aliphatic hydroxyl groups excluding tert-OH is 2. The first kappa shape index (κ1) is 12.2. The molecule has 102 valence electrons. The first-order valence-corrected chi connectivity index (χ1v) is 5.78. The van der Waals surface area contributed by atoms with E-state index in [2.05, 4.69) is 19.9 Å². The standard InChI is InChI=1S/C10H14N6O3/c11-4-6(18)3(1-17)19-7(4)10-15-8(12)5-9(16-10)14-2-13-5/h2-4,6-7,17-18H,1,11H2,(H3,12,13,14,15,16)/t3-,4-,6-,7?/m1/s1. The second kappa shape index (κ2) is 4.38. The van der Waals surface area contributed by atoms with Gasteiger partial charge >= 0.3 is 0 Å².